The van der Waals surface area contributed by atoms with E-state index in [1.54, 1.807) is 6.07 Å². The molecule has 7 nitrogen and oxygen atoms in total. The Balaban J connectivity index is 2.35. The maximum Gasteiger partial charge on any atom is 0.291 e. The van der Waals surface area contributed by atoms with Crippen LogP contribution in [0.15, 0.2) is 27.6 Å². The zero-order valence-electron chi connectivity index (χ0n) is 8.44. The standard InChI is InChI=1S/C9H8N4O3S/c10-6-5(8(15)13-9(17)12-6)11-7(14)4-2-1-3-16-4/h1-3H,(H,11,14)(H4,10,12,13,15,17). The van der Waals surface area contributed by atoms with Gasteiger partial charge in [0.05, 0.1) is 6.26 Å². The molecule has 0 radical (unpaired) electrons. The number of nitrogens with two attached hydrogens (primary N) is 1. The average molecular weight is 252 g/mol. The normalized spacial score (nSPS) is 10.1. The van der Waals surface area contributed by atoms with Gasteiger partial charge >= 0.3 is 0 Å². The van der Waals surface area contributed by atoms with Gasteiger partial charge in [0.1, 0.15) is 11.5 Å². The van der Waals surface area contributed by atoms with Gasteiger partial charge in [-0.3, -0.25) is 14.6 Å². The number of furan rings is 1. The first-order valence-corrected chi connectivity index (χ1v) is 4.95. The Morgan fingerprint density at radius 2 is 2.24 bits per heavy atom. The number of hydrogen-bond donors (Lipinski definition) is 4. The van der Waals surface area contributed by atoms with Crippen LogP contribution in [0.5, 0.6) is 0 Å². The minimum atomic E-state index is -0.578. The van der Waals surface area contributed by atoms with Crippen molar-refractivity contribution in [3.63, 3.8) is 0 Å². The molecule has 0 aliphatic carbocycles. The van der Waals surface area contributed by atoms with Crippen molar-refractivity contribution in [3.8, 4) is 0 Å². The number of H-pyrrole nitrogens is 2. The van der Waals surface area contributed by atoms with Crippen molar-refractivity contribution >= 4 is 29.6 Å². The minimum absolute atomic E-state index is 0.0151. The summed E-state index contributed by atoms with van der Waals surface area (Å²) in [7, 11) is 0. The molecule has 1 amide bonds. The number of rotatable bonds is 2. The van der Waals surface area contributed by atoms with Crippen LogP contribution in [0.4, 0.5) is 11.5 Å². The quantitative estimate of drug-likeness (QED) is 0.591. The largest absolute Gasteiger partial charge is 0.459 e. The van der Waals surface area contributed by atoms with Gasteiger partial charge in [-0.1, -0.05) is 0 Å². The Morgan fingerprint density at radius 1 is 1.47 bits per heavy atom. The number of anilines is 2. The van der Waals surface area contributed by atoms with Gasteiger partial charge in [-0.25, -0.2) is 0 Å². The second-order valence-corrected chi connectivity index (χ2v) is 3.54. The molecular weight excluding hydrogens is 244 g/mol. The summed E-state index contributed by atoms with van der Waals surface area (Å²) in [5, 5.41) is 2.33. The van der Waals surface area contributed by atoms with E-state index in [2.05, 4.69) is 15.3 Å². The molecule has 2 aromatic heterocycles. The molecule has 0 saturated heterocycles. The molecule has 2 aromatic rings. The van der Waals surface area contributed by atoms with E-state index in [9.17, 15) is 9.59 Å². The zero-order valence-corrected chi connectivity index (χ0v) is 9.26. The summed E-state index contributed by atoms with van der Waals surface area (Å²) in [5.41, 5.74) is 4.86. The maximum absolute atomic E-state index is 11.6. The number of nitrogen functional groups attached to an aromatic ring is 1. The minimum Gasteiger partial charge on any atom is -0.459 e. The van der Waals surface area contributed by atoms with Crippen LogP contribution < -0.4 is 16.6 Å². The third kappa shape index (κ3) is 2.26. The van der Waals surface area contributed by atoms with Gasteiger partial charge in [-0.05, 0) is 24.4 Å². The lowest BCUT2D eigenvalue weighted by molar-refractivity contribution is 0.0996. The lowest BCUT2D eigenvalue weighted by Crippen LogP contribution is -2.22. The Bertz CT molecular complexity index is 656. The van der Waals surface area contributed by atoms with E-state index in [1.807, 2.05) is 0 Å². The third-order valence-corrected chi connectivity index (χ3v) is 2.16. The lowest BCUT2D eigenvalue weighted by Gasteiger charge is -2.04. The second-order valence-electron chi connectivity index (χ2n) is 3.13. The molecule has 0 spiro atoms. The number of hydrogen-bond acceptors (Lipinski definition) is 5. The summed E-state index contributed by atoms with van der Waals surface area (Å²) in [6.07, 6.45) is 1.35. The van der Waals surface area contributed by atoms with Crippen LogP contribution in [0.25, 0.3) is 0 Å². The van der Waals surface area contributed by atoms with E-state index >= 15 is 0 Å². The highest BCUT2D eigenvalue weighted by Crippen LogP contribution is 2.10. The Hall–Kier alpha value is -2.35. The fraction of sp³-hybridized carbons (Fsp3) is 0. The zero-order chi connectivity index (χ0) is 12.4. The number of amides is 1. The highest BCUT2D eigenvalue weighted by molar-refractivity contribution is 7.71. The molecule has 0 aliphatic heterocycles. The van der Waals surface area contributed by atoms with Gasteiger partial charge < -0.3 is 20.5 Å². The molecule has 0 fully saturated rings. The fourth-order valence-corrected chi connectivity index (χ4v) is 1.41. The van der Waals surface area contributed by atoms with Gasteiger partial charge in [0.25, 0.3) is 11.5 Å². The topological polar surface area (TPSA) is 117 Å². The lowest BCUT2D eigenvalue weighted by atomic mass is 10.4. The van der Waals surface area contributed by atoms with Crippen molar-refractivity contribution in [2.75, 3.05) is 11.1 Å². The van der Waals surface area contributed by atoms with E-state index < -0.39 is 11.5 Å². The van der Waals surface area contributed by atoms with Gasteiger partial charge in [-0.15, -0.1) is 0 Å². The van der Waals surface area contributed by atoms with Crippen molar-refractivity contribution in [2.45, 2.75) is 0 Å². The van der Waals surface area contributed by atoms with Gasteiger partial charge in [0.15, 0.2) is 10.5 Å². The van der Waals surface area contributed by atoms with Crippen molar-refractivity contribution < 1.29 is 9.21 Å². The summed E-state index contributed by atoms with van der Waals surface area (Å²) in [6.45, 7) is 0. The SMILES string of the molecule is Nc1[nH]c(=S)[nH]c(=O)c1NC(=O)c1ccco1. The number of carbonyl (C=O) groups excluding carboxylic acids is 1. The molecule has 88 valence electrons. The molecule has 0 saturated carbocycles. The molecule has 2 heterocycles. The smallest absolute Gasteiger partial charge is 0.291 e. The summed E-state index contributed by atoms with van der Waals surface area (Å²) < 4.78 is 4.96. The first-order chi connectivity index (χ1) is 8.08. The van der Waals surface area contributed by atoms with E-state index in [0.29, 0.717) is 0 Å². The molecule has 8 heteroatoms. The summed E-state index contributed by atoms with van der Waals surface area (Å²) in [4.78, 5) is 27.9. The van der Waals surface area contributed by atoms with E-state index in [1.165, 1.54) is 12.3 Å². The summed E-state index contributed by atoms with van der Waals surface area (Å²) in [6, 6.07) is 3.02. The Kier molecular flexibility index (Phi) is 2.79. The number of carbonyl (C=O) groups is 1. The molecular formula is C9H8N4O3S. The van der Waals surface area contributed by atoms with Gasteiger partial charge in [0.2, 0.25) is 0 Å². The van der Waals surface area contributed by atoms with Crippen LogP contribution in [0.2, 0.25) is 0 Å². The molecule has 5 N–H and O–H groups in total. The first-order valence-electron chi connectivity index (χ1n) is 4.55. The van der Waals surface area contributed by atoms with Crippen molar-refractivity contribution in [3.05, 3.63) is 39.3 Å². The van der Waals surface area contributed by atoms with Gasteiger partial charge in [0, 0.05) is 0 Å². The molecule has 17 heavy (non-hydrogen) atoms. The monoisotopic (exact) mass is 252 g/mol. The van der Waals surface area contributed by atoms with Crippen LogP contribution >= 0.6 is 12.2 Å². The highest BCUT2D eigenvalue weighted by atomic mass is 32.1. The first kappa shape index (κ1) is 11.1. The van der Waals surface area contributed by atoms with Crippen LogP contribution in [-0.4, -0.2) is 15.9 Å². The fourth-order valence-electron chi connectivity index (χ4n) is 1.21. The van der Waals surface area contributed by atoms with Gasteiger partial charge in [-0.2, -0.15) is 0 Å². The maximum atomic E-state index is 11.6. The molecule has 0 aliphatic rings. The predicted molar refractivity (Wildman–Crippen MR) is 63.3 cm³/mol. The molecule has 0 unspecified atom stereocenters. The van der Waals surface area contributed by atoms with Crippen LogP contribution in [-0.2, 0) is 0 Å². The number of aromatic amines is 2. The molecule has 2 rings (SSSR count). The van der Waals surface area contributed by atoms with Crippen molar-refractivity contribution in [1.29, 1.82) is 0 Å². The van der Waals surface area contributed by atoms with E-state index in [0.717, 1.165) is 0 Å². The summed E-state index contributed by atoms with van der Waals surface area (Å²) in [5.74, 6) is -0.511. The molecule has 0 bridgehead atoms. The van der Waals surface area contributed by atoms with E-state index in [4.69, 9.17) is 22.4 Å². The van der Waals surface area contributed by atoms with E-state index in [-0.39, 0.29) is 22.0 Å². The van der Waals surface area contributed by atoms with Crippen molar-refractivity contribution in [2.24, 2.45) is 0 Å². The average Bonchev–Trinajstić information content (AvgIpc) is 2.76. The second kappa shape index (κ2) is 4.26. The molecule has 0 aromatic carbocycles. The number of nitrogens with one attached hydrogen (secondary N) is 3. The van der Waals surface area contributed by atoms with Crippen LogP contribution in [0.1, 0.15) is 10.6 Å². The van der Waals surface area contributed by atoms with Crippen LogP contribution in [0, 0.1) is 4.77 Å². The third-order valence-electron chi connectivity index (χ3n) is 1.96. The number of aromatic nitrogens is 2. The highest BCUT2D eigenvalue weighted by Gasteiger charge is 2.13. The summed E-state index contributed by atoms with van der Waals surface area (Å²) >= 11 is 4.72. The Morgan fingerprint density at radius 3 is 2.82 bits per heavy atom. The van der Waals surface area contributed by atoms with Crippen LogP contribution in [0.3, 0.4) is 0 Å². The molecule has 0 atom stereocenters. The Labute approximate surface area is 99.7 Å². The predicted octanol–water partition coefficient (Wildman–Crippen LogP) is 0.860. The van der Waals surface area contributed by atoms with Crippen molar-refractivity contribution in [1.82, 2.24) is 9.97 Å².